The molecular formula is C19H16N2O4. The zero-order chi connectivity index (χ0) is 17.8. The summed E-state index contributed by atoms with van der Waals surface area (Å²) < 4.78 is 10.4. The number of nitrogens with two attached hydrogens (primary N) is 1. The largest absolute Gasteiger partial charge is 0.484 e. The van der Waals surface area contributed by atoms with Gasteiger partial charge in [-0.05, 0) is 42.8 Å². The van der Waals surface area contributed by atoms with Crippen LogP contribution in [-0.4, -0.2) is 24.4 Å². The molecule has 0 atom stereocenters. The van der Waals surface area contributed by atoms with E-state index >= 15 is 0 Å². The number of hydrogen-bond acceptors (Lipinski definition) is 5. The van der Waals surface area contributed by atoms with E-state index in [9.17, 15) is 9.59 Å². The summed E-state index contributed by atoms with van der Waals surface area (Å²) >= 11 is 0. The van der Waals surface area contributed by atoms with E-state index in [4.69, 9.17) is 15.2 Å². The molecule has 0 fully saturated rings. The van der Waals surface area contributed by atoms with Gasteiger partial charge < -0.3 is 15.2 Å². The second-order valence-electron chi connectivity index (χ2n) is 5.53. The van der Waals surface area contributed by atoms with Crippen LogP contribution in [0.2, 0.25) is 0 Å². The molecule has 25 heavy (non-hydrogen) atoms. The van der Waals surface area contributed by atoms with Crippen LogP contribution in [0.15, 0.2) is 59.2 Å². The Kier molecular flexibility index (Phi) is 4.61. The zero-order valence-electron chi connectivity index (χ0n) is 13.6. The maximum Gasteiger partial charge on any atom is 0.363 e. The number of esters is 1. The number of carbonyl (C=O) groups is 2. The van der Waals surface area contributed by atoms with E-state index in [1.165, 1.54) is 0 Å². The fourth-order valence-electron chi connectivity index (χ4n) is 2.20. The van der Waals surface area contributed by atoms with Gasteiger partial charge in [-0.15, -0.1) is 0 Å². The molecule has 3 rings (SSSR count). The van der Waals surface area contributed by atoms with Gasteiger partial charge in [-0.3, -0.25) is 4.79 Å². The van der Waals surface area contributed by atoms with Crippen LogP contribution in [0.4, 0.5) is 0 Å². The van der Waals surface area contributed by atoms with Crippen molar-refractivity contribution < 1.29 is 19.1 Å². The normalized spacial score (nSPS) is 15.0. The van der Waals surface area contributed by atoms with Crippen molar-refractivity contribution in [2.45, 2.75) is 6.92 Å². The van der Waals surface area contributed by atoms with Crippen molar-refractivity contribution >= 4 is 23.9 Å². The van der Waals surface area contributed by atoms with Gasteiger partial charge in [0.25, 0.3) is 5.91 Å². The Morgan fingerprint density at radius 3 is 2.48 bits per heavy atom. The van der Waals surface area contributed by atoms with Gasteiger partial charge in [0.05, 0.1) is 0 Å². The molecule has 0 spiro atoms. The molecule has 0 bridgehead atoms. The molecule has 6 heteroatoms. The molecule has 0 aliphatic carbocycles. The number of primary amides is 1. The third-order valence-corrected chi connectivity index (χ3v) is 3.48. The second kappa shape index (κ2) is 7.00. The average Bonchev–Trinajstić information content (AvgIpc) is 2.95. The van der Waals surface area contributed by atoms with Crippen molar-refractivity contribution in [3.63, 3.8) is 0 Å². The molecule has 0 aromatic heterocycles. The lowest BCUT2D eigenvalue weighted by atomic mass is 10.1. The highest BCUT2D eigenvalue weighted by molar-refractivity contribution is 6.12. The number of hydrogen-bond donors (Lipinski definition) is 1. The molecular weight excluding hydrogens is 320 g/mol. The quantitative estimate of drug-likeness (QED) is 0.669. The topological polar surface area (TPSA) is 91.0 Å². The average molecular weight is 336 g/mol. The summed E-state index contributed by atoms with van der Waals surface area (Å²) in [5, 5.41) is 0. The predicted molar refractivity (Wildman–Crippen MR) is 92.9 cm³/mol. The lowest BCUT2D eigenvalue weighted by Crippen LogP contribution is -2.19. The smallest absolute Gasteiger partial charge is 0.363 e. The Morgan fingerprint density at radius 2 is 1.84 bits per heavy atom. The Bertz CT molecular complexity index is 865. The Hall–Kier alpha value is -3.41. The number of rotatable bonds is 5. The van der Waals surface area contributed by atoms with Gasteiger partial charge in [-0.1, -0.05) is 29.8 Å². The monoisotopic (exact) mass is 336 g/mol. The van der Waals surface area contributed by atoms with Crippen molar-refractivity contribution in [1.82, 2.24) is 0 Å². The maximum absolute atomic E-state index is 12.0. The van der Waals surface area contributed by atoms with Crippen LogP contribution in [0.25, 0.3) is 6.08 Å². The van der Waals surface area contributed by atoms with E-state index in [1.807, 2.05) is 31.2 Å². The van der Waals surface area contributed by atoms with Gasteiger partial charge >= 0.3 is 5.97 Å². The zero-order valence-corrected chi connectivity index (χ0v) is 13.6. The highest BCUT2D eigenvalue weighted by Crippen LogP contribution is 2.20. The highest BCUT2D eigenvalue weighted by atomic mass is 16.6. The Labute approximate surface area is 144 Å². The molecule has 2 aromatic rings. The molecule has 0 saturated heterocycles. The van der Waals surface area contributed by atoms with E-state index in [0.717, 1.165) is 16.7 Å². The summed E-state index contributed by atoms with van der Waals surface area (Å²) in [6.07, 6.45) is 1.63. The number of aliphatic imine (C=N–C) groups is 1. The summed E-state index contributed by atoms with van der Waals surface area (Å²) in [5.74, 6) is -0.237. The number of aryl methyl sites for hydroxylation is 1. The van der Waals surface area contributed by atoms with E-state index < -0.39 is 11.9 Å². The summed E-state index contributed by atoms with van der Waals surface area (Å²) in [5.41, 5.74) is 7.87. The molecule has 126 valence electrons. The number of nitrogens with zero attached hydrogens (tertiary/aromatic N) is 1. The number of benzene rings is 2. The number of cyclic esters (lactones) is 1. The molecule has 2 aromatic carbocycles. The van der Waals surface area contributed by atoms with Gasteiger partial charge in [0.1, 0.15) is 5.75 Å². The highest BCUT2D eigenvalue weighted by Gasteiger charge is 2.23. The first-order valence-corrected chi connectivity index (χ1v) is 7.62. The van der Waals surface area contributed by atoms with Crippen LogP contribution < -0.4 is 10.5 Å². The molecule has 1 aliphatic rings. The number of amides is 1. The lowest BCUT2D eigenvalue weighted by Gasteiger charge is -2.03. The first-order valence-electron chi connectivity index (χ1n) is 7.62. The molecule has 6 nitrogen and oxygen atoms in total. The van der Waals surface area contributed by atoms with Gasteiger partial charge in [0.2, 0.25) is 5.90 Å². The second-order valence-corrected chi connectivity index (χ2v) is 5.53. The van der Waals surface area contributed by atoms with Gasteiger partial charge in [0, 0.05) is 5.56 Å². The minimum Gasteiger partial charge on any atom is -0.484 e. The van der Waals surface area contributed by atoms with Crippen LogP contribution >= 0.6 is 0 Å². The predicted octanol–water partition coefficient (Wildman–Crippen LogP) is 2.20. The lowest BCUT2D eigenvalue weighted by molar-refractivity contribution is -0.130. The summed E-state index contributed by atoms with van der Waals surface area (Å²) in [7, 11) is 0. The SMILES string of the molecule is Cc1ccc(C2=N/C(=C/c3ccc(OCC(N)=O)cc3)C(=O)O2)cc1. The first-order chi connectivity index (χ1) is 12.0. The third-order valence-electron chi connectivity index (χ3n) is 3.48. The van der Waals surface area contributed by atoms with E-state index in [1.54, 1.807) is 30.3 Å². The van der Waals surface area contributed by atoms with Crippen molar-refractivity contribution in [2.24, 2.45) is 10.7 Å². The standard InChI is InChI=1S/C19H16N2O4/c1-12-2-6-14(7-3-12)18-21-16(19(23)25-18)10-13-4-8-15(9-5-13)24-11-17(20)22/h2-10H,11H2,1H3,(H2,20,22)/b16-10+. The molecule has 0 saturated carbocycles. The van der Waals surface area contributed by atoms with Gasteiger partial charge in [-0.2, -0.15) is 0 Å². The Morgan fingerprint density at radius 1 is 1.16 bits per heavy atom. The van der Waals surface area contributed by atoms with E-state index in [-0.39, 0.29) is 18.2 Å². The van der Waals surface area contributed by atoms with E-state index in [2.05, 4.69) is 4.99 Å². The molecule has 2 N–H and O–H groups in total. The van der Waals surface area contributed by atoms with Crippen molar-refractivity contribution in [1.29, 1.82) is 0 Å². The maximum atomic E-state index is 12.0. The minimum atomic E-state index is -0.544. The van der Waals surface area contributed by atoms with Crippen LogP contribution in [0.1, 0.15) is 16.7 Å². The van der Waals surface area contributed by atoms with Crippen LogP contribution in [0, 0.1) is 6.92 Å². The Balaban J connectivity index is 1.77. The molecule has 1 heterocycles. The number of carbonyl (C=O) groups excluding carboxylic acids is 2. The van der Waals surface area contributed by atoms with Crippen molar-refractivity contribution in [2.75, 3.05) is 6.61 Å². The molecule has 1 aliphatic heterocycles. The van der Waals surface area contributed by atoms with Crippen molar-refractivity contribution in [3.05, 3.63) is 70.9 Å². The molecule has 1 amide bonds. The third kappa shape index (κ3) is 4.11. The minimum absolute atomic E-state index is 0.184. The van der Waals surface area contributed by atoms with E-state index in [0.29, 0.717) is 5.75 Å². The van der Waals surface area contributed by atoms with Crippen LogP contribution in [-0.2, 0) is 14.3 Å². The summed E-state index contributed by atoms with van der Waals surface area (Å²) in [4.78, 5) is 26.9. The van der Waals surface area contributed by atoms with Crippen LogP contribution in [0.3, 0.4) is 0 Å². The molecule has 0 unspecified atom stereocenters. The van der Waals surface area contributed by atoms with Gasteiger partial charge in [0.15, 0.2) is 12.3 Å². The van der Waals surface area contributed by atoms with Gasteiger partial charge in [-0.25, -0.2) is 9.79 Å². The fourth-order valence-corrected chi connectivity index (χ4v) is 2.20. The molecule has 0 radical (unpaired) electrons. The fraction of sp³-hybridized carbons (Fsp3) is 0.105. The summed E-state index contributed by atoms with van der Waals surface area (Å²) in [6.45, 7) is 1.80. The number of ether oxygens (including phenoxy) is 2. The first kappa shape index (κ1) is 16.4. The van der Waals surface area contributed by atoms with Crippen LogP contribution in [0.5, 0.6) is 5.75 Å². The van der Waals surface area contributed by atoms with Crippen molar-refractivity contribution in [3.8, 4) is 5.75 Å². The summed E-state index contributed by atoms with van der Waals surface area (Å²) in [6, 6.07) is 14.4.